The number of nitrogens with zero attached hydrogens (tertiary/aromatic N) is 1. The molecule has 0 bridgehead atoms. The van der Waals surface area contributed by atoms with Crippen molar-refractivity contribution in [1.82, 2.24) is 4.98 Å². The molecular weight excluding hydrogens is 346 g/mol. The van der Waals surface area contributed by atoms with Crippen LogP contribution in [-0.4, -0.2) is 16.8 Å². The van der Waals surface area contributed by atoms with Crippen LogP contribution in [0.2, 0.25) is 0 Å². The molecule has 3 aromatic rings. The molecule has 1 fully saturated rings. The van der Waals surface area contributed by atoms with E-state index in [1.807, 2.05) is 19.1 Å². The molecule has 1 saturated carbocycles. The fraction of sp³-hybridized carbons (Fsp3) is 0.250. The first-order chi connectivity index (χ1) is 12.5. The van der Waals surface area contributed by atoms with Gasteiger partial charge >= 0.3 is 0 Å². The van der Waals surface area contributed by atoms with Crippen molar-refractivity contribution in [1.29, 1.82) is 0 Å². The number of anilines is 2. The van der Waals surface area contributed by atoms with E-state index < -0.39 is 0 Å². The summed E-state index contributed by atoms with van der Waals surface area (Å²) in [5.74, 6) is 0.437. The van der Waals surface area contributed by atoms with Crippen molar-refractivity contribution >= 4 is 44.2 Å². The number of carbonyl (C=O) groups is 2. The first kappa shape index (κ1) is 16.7. The molecule has 1 aliphatic rings. The van der Waals surface area contributed by atoms with Crippen LogP contribution in [0, 0.1) is 18.8 Å². The van der Waals surface area contributed by atoms with E-state index in [1.54, 1.807) is 24.3 Å². The van der Waals surface area contributed by atoms with Crippen molar-refractivity contribution in [3.05, 3.63) is 53.6 Å². The fourth-order valence-electron chi connectivity index (χ4n) is 2.88. The number of hydrogen-bond donors (Lipinski definition) is 2. The van der Waals surface area contributed by atoms with Crippen LogP contribution in [0.1, 0.15) is 29.3 Å². The predicted molar refractivity (Wildman–Crippen MR) is 105 cm³/mol. The second kappa shape index (κ2) is 6.53. The Morgan fingerprint density at radius 1 is 1.12 bits per heavy atom. The lowest BCUT2D eigenvalue weighted by atomic mass is 10.2. The van der Waals surface area contributed by atoms with Crippen molar-refractivity contribution in [3.63, 3.8) is 0 Å². The zero-order valence-electron chi connectivity index (χ0n) is 14.6. The Balaban J connectivity index is 1.43. The van der Waals surface area contributed by atoms with Gasteiger partial charge in [-0.2, -0.15) is 0 Å². The van der Waals surface area contributed by atoms with Gasteiger partial charge in [0.15, 0.2) is 5.13 Å². The van der Waals surface area contributed by atoms with E-state index in [1.165, 1.54) is 11.3 Å². The lowest BCUT2D eigenvalue weighted by Crippen LogP contribution is -2.15. The largest absolute Gasteiger partial charge is 0.326 e. The molecule has 4 rings (SSSR count). The summed E-state index contributed by atoms with van der Waals surface area (Å²) in [6.07, 6.45) is 0.952. The number of aryl methyl sites for hydroxylation is 1. The molecule has 0 aliphatic heterocycles. The van der Waals surface area contributed by atoms with Crippen LogP contribution in [0.25, 0.3) is 10.2 Å². The molecule has 2 atom stereocenters. The summed E-state index contributed by atoms with van der Waals surface area (Å²) in [4.78, 5) is 28.8. The quantitative estimate of drug-likeness (QED) is 0.717. The minimum Gasteiger partial charge on any atom is -0.326 e. The van der Waals surface area contributed by atoms with Crippen molar-refractivity contribution in [2.24, 2.45) is 11.8 Å². The van der Waals surface area contributed by atoms with E-state index >= 15 is 0 Å². The Morgan fingerprint density at radius 3 is 2.54 bits per heavy atom. The third-order valence-electron chi connectivity index (χ3n) is 4.63. The molecule has 0 spiro atoms. The highest BCUT2D eigenvalue weighted by Gasteiger charge is 2.39. The van der Waals surface area contributed by atoms with Gasteiger partial charge in [0, 0.05) is 17.2 Å². The summed E-state index contributed by atoms with van der Waals surface area (Å²) >= 11 is 1.46. The van der Waals surface area contributed by atoms with Crippen LogP contribution in [0.4, 0.5) is 10.8 Å². The second-order valence-corrected chi connectivity index (χ2v) is 7.86. The van der Waals surface area contributed by atoms with Gasteiger partial charge in [0.2, 0.25) is 5.91 Å². The number of benzene rings is 2. The number of rotatable bonds is 4. The van der Waals surface area contributed by atoms with E-state index in [0.29, 0.717) is 22.3 Å². The molecule has 2 amide bonds. The number of aromatic nitrogens is 1. The molecule has 0 radical (unpaired) electrons. The Hall–Kier alpha value is -2.73. The van der Waals surface area contributed by atoms with Gasteiger partial charge in [-0.25, -0.2) is 4.98 Å². The number of carbonyl (C=O) groups excluding carboxylic acids is 2. The molecule has 0 saturated heterocycles. The first-order valence-corrected chi connectivity index (χ1v) is 9.41. The highest BCUT2D eigenvalue weighted by atomic mass is 32.1. The zero-order chi connectivity index (χ0) is 18.3. The summed E-state index contributed by atoms with van der Waals surface area (Å²) in [7, 11) is 0. The van der Waals surface area contributed by atoms with Crippen LogP contribution in [-0.2, 0) is 4.79 Å². The highest BCUT2D eigenvalue weighted by molar-refractivity contribution is 7.22. The molecule has 1 aliphatic carbocycles. The van der Waals surface area contributed by atoms with E-state index in [4.69, 9.17) is 0 Å². The maximum absolute atomic E-state index is 12.4. The molecule has 5 nitrogen and oxygen atoms in total. The molecule has 1 heterocycles. The van der Waals surface area contributed by atoms with E-state index in [2.05, 4.69) is 28.6 Å². The molecule has 132 valence electrons. The van der Waals surface area contributed by atoms with Crippen LogP contribution in [0.15, 0.2) is 42.5 Å². The summed E-state index contributed by atoms with van der Waals surface area (Å²) in [5.41, 5.74) is 3.28. The monoisotopic (exact) mass is 365 g/mol. The summed E-state index contributed by atoms with van der Waals surface area (Å²) in [6, 6.07) is 12.9. The van der Waals surface area contributed by atoms with Gasteiger partial charge in [0.05, 0.1) is 10.2 Å². The minimum atomic E-state index is -0.213. The van der Waals surface area contributed by atoms with E-state index in [0.717, 1.165) is 22.2 Å². The Bertz CT molecular complexity index is 994. The molecule has 1 aromatic heterocycles. The van der Waals surface area contributed by atoms with Gasteiger partial charge in [0.25, 0.3) is 5.91 Å². The van der Waals surface area contributed by atoms with Gasteiger partial charge in [0.1, 0.15) is 0 Å². The Labute approximate surface area is 155 Å². The van der Waals surface area contributed by atoms with Gasteiger partial charge in [-0.05, 0) is 61.2 Å². The molecule has 26 heavy (non-hydrogen) atoms. The maximum Gasteiger partial charge on any atom is 0.257 e. The lowest BCUT2D eigenvalue weighted by Gasteiger charge is -2.06. The normalized spacial score (nSPS) is 18.5. The number of nitrogens with one attached hydrogen (secondary N) is 2. The van der Waals surface area contributed by atoms with Crippen molar-refractivity contribution < 1.29 is 9.59 Å². The molecule has 2 aromatic carbocycles. The third kappa shape index (κ3) is 3.46. The topological polar surface area (TPSA) is 71.1 Å². The van der Waals surface area contributed by atoms with Crippen molar-refractivity contribution in [2.45, 2.75) is 20.3 Å². The minimum absolute atomic E-state index is 0.0551. The average Bonchev–Trinajstić information content (AvgIpc) is 3.22. The molecule has 2 N–H and O–H groups in total. The summed E-state index contributed by atoms with van der Waals surface area (Å²) in [6.45, 7) is 4.10. The molecule has 2 unspecified atom stereocenters. The molecular formula is C20H19N3O2S. The number of fused-ring (bicyclic) bond motifs is 1. The van der Waals surface area contributed by atoms with E-state index in [-0.39, 0.29) is 17.7 Å². The summed E-state index contributed by atoms with van der Waals surface area (Å²) in [5, 5.41) is 6.31. The van der Waals surface area contributed by atoms with Crippen molar-refractivity contribution in [3.8, 4) is 0 Å². The highest BCUT2D eigenvalue weighted by Crippen LogP contribution is 2.38. The van der Waals surface area contributed by atoms with Gasteiger partial charge in [-0.15, -0.1) is 0 Å². The van der Waals surface area contributed by atoms with E-state index in [9.17, 15) is 9.59 Å². The first-order valence-electron chi connectivity index (χ1n) is 8.59. The van der Waals surface area contributed by atoms with Crippen LogP contribution < -0.4 is 10.6 Å². The Morgan fingerprint density at radius 2 is 1.85 bits per heavy atom. The van der Waals surface area contributed by atoms with Crippen LogP contribution in [0.3, 0.4) is 0 Å². The average molecular weight is 365 g/mol. The smallest absolute Gasteiger partial charge is 0.257 e. The lowest BCUT2D eigenvalue weighted by molar-refractivity contribution is -0.117. The van der Waals surface area contributed by atoms with Gasteiger partial charge in [-0.3, -0.25) is 14.9 Å². The van der Waals surface area contributed by atoms with Gasteiger partial charge in [-0.1, -0.05) is 24.3 Å². The SMILES string of the molecule is Cc1ccc2nc(NC(=O)c3ccc(NC(=O)C4CC4C)cc3)sc2c1. The third-order valence-corrected chi connectivity index (χ3v) is 5.56. The number of thiazole rings is 1. The fourth-order valence-corrected chi connectivity index (χ4v) is 3.84. The maximum atomic E-state index is 12.4. The predicted octanol–water partition coefficient (Wildman–Crippen LogP) is 4.45. The zero-order valence-corrected chi connectivity index (χ0v) is 15.4. The standard InChI is InChI=1S/C20H19N3O2S/c1-11-3-8-16-17(9-11)26-20(22-16)23-18(24)13-4-6-14(7-5-13)21-19(25)15-10-12(15)2/h3-9,12,15H,10H2,1-2H3,(H,21,25)(H,22,23,24). The van der Waals surface area contributed by atoms with Gasteiger partial charge < -0.3 is 5.32 Å². The number of hydrogen-bond acceptors (Lipinski definition) is 4. The van der Waals surface area contributed by atoms with Crippen LogP contribution in [0.5, 0.6) is 0 Å². The molecule has 6 heteroatoms. The van der Waals surface area contributed by atoms with Crippen molar-refractivity contribution in [2.75, 3.05) is 10.6 Å². The summed E-state index contributed by atoms with van der Waals surface area (Å²) < 4.78 is 1.05. The van der Waals surface area contributed by atoms with Crippen LogP contribution >= 0.6 is 11.3 Å². The number of amides is 2. The Kier molecular flexibility index (Phi) is 4.20. The second-order valence-electron chi connectivity index (χ2n) is 6.83.